The van der Waals surface area contributed by atoms with Crippen LogP contribution >= 0.6 is 0 Å². The highest BCUT2D eigenvalue weighted by atomic mass is 19.4. The molecular weight excluding hydrogens is 353 g/mol. The summed E-state index contributed by atoms with van der Waals surface area (Å²) in [7, 11) is 0. The standard InChI is InChI=1S/C16H23F3N4O3/c1-15(2,3)26-14(24)22-10-6-9-21-13(20)23-11-7-4-5-8-12(11)25-16(17,18)19/h4-5,7-8H,6,9-10H2,1-3H3,(H,22,24)(H3,20,21,23). The number of guanidine groups is 1. The molecule has 0 saturated heterocycles. The van der Waals surface area contributed by atoms with Crippen molar-refractivity contribution in [3.05, 3.63) is 24.3 Å². The van der Waals surface area contributed by atoms with Crippen LogP contribution in [-0.4, -0.2) is 37.1 Å². The van der Waals surface area contributed by atoms with E-state index in [-0.39, 0.29) is 18.2 Å². The van der Waals surface area contributed by atoms with E-state index in [9.17, 15) is 18.0 Å². The molecule has 0 bridgehead atoms. The molecule has 1 amide bonds. The third kappa shape index (κ3) is 9.60. The molecule has 0 aliphatic rings. The first-order valence-corrected chi connectivity index (χ1v) is 7.85. The Hall–Kier alpha value is -2.65. The van der Waals surface area contributed by atoms with Crippen LogP contribution in [0.1, 0.15) is 27.2 Å². The number of para-hydroxylation sites is 2. The summed E-state index contributed by atoms with van der Waals surface area (Å²) in [5, 5.41) is 5.12. The summed E-state index contributed by atoms with van der Waals surface area (Å²) in [5.74, 6) is -0.481. The topological polar surface area (TPSA) is 98.0 Å². The normalized spacial score (nSPS) is 12.5. The van der Waals surface area contributed by atoms with Crippen LogP contribution in [0, 0.1) is 0 Å². The number of nitrogens with one attached hydrogen (secondary N) is 2. The van der Waals surface area contributed by atoms with Crippen molar-refractivity contribution < 1.29 is 27.4 Å². The van der Waals surface area contributed by atoms with Crippen molar-refractivity contribution in [2.24, 2.45) is 10.7 Å². The van der Waals surface area contributed by atoms with Crippen LogP contribution < -0.4 is 21.1 Å². The molecule has 0 spiro atoms. The molecule has 146 valence electrons. The van der Waals surface area contributed by atoms with E-state index in [0.29, 0.717) is 13.0 Å². The number of aliphatic imine (C=N–C) groups is 1. The molecule has 0 fully saturated rings. The Kier molecular flexibility index (Phi) is 7.54. The second kappa shape index (κ2) is 9.16. The second-order valence-electron chi connectivity index (χ2n) is 6.22. The van der Waals surface area contributed by atoms with Crippen molar-refractivity contribution in [3.63, 3.8) is 0 Å². The lowest BCUT2D eigenvalue weighted by Gasteiger charge is -2.19. The zero-order valence-corrected chi connectivity index (χ0v) is 14.8. The average Bonchev–Trinajstić information content (AvgIpc) is 2.45. The van der Waals surface area contributed by atoms with Crippen molar-refractivity contribution in [2.45, 2.75) is 39.2 Å². The largest absolute Gasteiger partial charge is 0.573 e. The van der Waals surface area contributed by atoms with E-state index in [1.54, 1.807) is 20.8 Å². The van der Waals surface area contributed by atoms with E-state index in [2.05, 4.69) is 20.4 Å². The molecule has 0 atom stereocenters. The number of alkyl carbamates (subject to hydrolysis) is 1. The molecule has 0 aliphatic heterocycles. The average molecular weight is 376 g/mol. The summed E-state index contributed by atoms with van der Waals surface area (Å²) in [4.78, 5) is 15.4. The fourth-order valence-corrected chi connectivity index (χ4v) is 1.74. The minimum Gasteiger partial charge on any atom is -0.444 e. The van der Waals surface area contributed by atoms with Crippen LogP contribution in [-0.2, 0) is 4.74 Å². The van der Waals surface area contributed by atoms with Crippen molar-refractivity contribution in [3.8, 4) is 5.75 Å². The number of amides is 1. The van der Waals surface area contributed by atoms with Gasteiger partial charge in [0.25, 0.3) is 0 Å². The van der Waals surface area contributed by atoms with Gasteiger partial charge in [-0.05, 0) is 39.3 Å². The van der Waals surface area contributed by atoms with Crippen LogP contribution in [0.15, 0.2) is 29.3 Å². The third-order valence-corrected chi connectivity index (χ3v) is 2.66. The van der Waals surface area contributed by atoms with Crippen LogP contribution in [0.25, 0.3) is 0 Å². The van der Waals surface area contributed by atoms with Crippen molar-refractivity contribution in [1.29, 1.82) is 0 Å². The van der Waals surface area contributed by atoms with Gasteiger partial charge in [0.1, 0.15) is 5.60 Å². The fraction of sp³-hybridized carbons (Fsp3) is 0.500. The first-order valence-electron chi connectivity index (χ1n) is 7.85. The number of halogens is 3. The Morgan fingerprint density at radius 1 is 1.23 bits per heavy atom. The molecule has 0 aromatic heterocycles. The van der Waals surface area contributed by atoms with E-state index in [1.807, 2.05) is 0 Å². The minimum absolute atomic E-state index is 0.0398. The Morgan fingerprint density at radius 3 is 2.50 bits per heavy atom. The summed E-state index contributed by atoms with van der Waals surface area (Å²) in [6.45, 7) is 5.84. The van der Waals surface area contributed by atoms with Crippen LogP contribution in [0.5, 0.6) is 5.75 Å². The molecule has 7 nitrogen and oxygen atoms in total. The number of carbonyl (C=O) groups excluding carboxylic acids is 1. The number of anilines is 1. The second-order valence-corrected chi connectivity index (χ2v) is 6.22. The molecule has 0 saturated carbocycles. The Balaban J connectivity index is 2.44. The Labute approximate surface area is 149 Å². The third-order valence-electron chi connectivity index (χ3n) is 2.66. The molecule has 0 unspecified atom stereocenters. The van der Waals surface area contributed by atoms with Gasteiger partial charge in [-0.2, -0.15) is 0 Å². The van der Waals surface area contributed by atoms with Gasteiger partial charge in [0, 0.05) is 13.1 Å². The number of hydrogen-bond acceptors (Lipinski definition) is 4. The fourth-order valence-electron chi connectivity index (χ4n) is 1.74. The van der Waals surface area contributed by atoms with E-state index in [0.717, 1.165) is 6.07 Å². The van der Waals surface area contributed by atoms with Gasteiger partial charge in [-0.15, -0.1) is 13.2 Å². The van der Waals surface area contributed by atoms with Gasteiger partial charge in [-0.1, -0.05) is 12.1 Å². The quantitative estimate of drug-likeness (QED) is 0.402. The molecular formula is C16H23F3N4O3. The molecule has 1 aromatic carbocycles. The van der Waals surface area contributed by atoms with Gasteiger partial charge in [0.15, 0.2) is 11.7 Å². The molecule has 26 heavy (non-hydrogen) atoms. The van der Waals surface area contributed by atoms with Crippen LogP contribution in [0.4, 0.5) is 23.7 Å². The van der Waals surface area contributed by atoms with E-state index >= 15 is 0 Å². The summed E-state index contributed by atoms with van der Waals surface area (Å²) >= 11 is 0. The zero-order chi connectivity index (χ0) is 19.8. The van der Waals surface area contributed by atoms with E-state index in [4.69, 9.17) is 10.5 Å². The first kappa shape index (κ1) is 21.4. The number of hydrogen-bond donors (Lipinski definition) is 3. The molecule has 10 heteroatoms. The SMILES string of the molecule is CC(C)(C)OC(=O)NCCCN=C(N)Nc1ccccc1OC(F)(F)F. The molecule has 0 heterocycles. The van der Waals surface area contributed by atoms with Gasteiger partial charge in [0.2, 0.25) is 0 Å². The number of ether oxygens (including phenoxy) is 2. The first-order chi connectivity index (χ1) is 12.0. The summed E-state index contributed by atoms with van der Waals surface area (Å²) in [6.07, 6.45) is -4.87. The number of nitrogens with zero attached hydrogens (tertiary/aromatic N) is 1. The predicted molar refractivity (Wildman–Crippen MR) is 92.1 cm³/mol. The number of alkyl halides is 3. The van der Waals surface area contributed by atoms with E-state index in [1.165, 1.54) is 18.2 Å². The maximum Gasteiger partial charge on any atom is 0.573 e. The van der Waals surface area contributed by atoms with Gasteiger partial charge < -0.3 is 25.8 Å². The van der Waals surface area contributed by atoms with Crippen molar-refractivity contribution >= 4 is 17.7 Å². The van der Waals surface area contributed by atoms with Crippen LogP contribution in [0.3, 0.4) is 0 Å². The molecule has 4 N–H and O–H groups in total. The highest BCUT2D eigenvalue weighted by Crippen LogP contribution is 2.29. The zero-order valence-electron chi connectivity index (χ0n) is 14.8. The highest BCUT2D eigenvalue weighted by molar-refractivity contribution is 5.93. The number of rotatable bonds is 6. The Bertz CT molecular complexity index is 628. The predicted octanol–water partition coefficient (Wildman–Crippen LogP) is 3.23. The van der Waals surface area contributed by atoms with Gasteiger partial charge in [-0.25, -0.2) is 4.79 Å². The lowest BCUT2D eigenvalue weighted by molar-refractivity contribution is -0.274. The smallest absolute Gasteiger partial charge is 0.444 e. The van der Waals surface area contributed by atoms with Crippen molar-refractivity contribution in [2.75, 3.05) is 18.4 Å². The monoisotopic (exact) mass is 376 g/mol. The van der Waals surface area contributed by atoms with Gasteiger partial charge >= 0.3 is 12.5 Å². The molecule has 0 aliphatic carbocycles. The van der Waals surface area contributed by atoms with Crippen molar-refractivity contribution in [1.82, 2.24) is 5.32 Å². The molecule has 0 radical (unpaired) electrons. The molecule has 1 rings (SSSR count). The van der Waals surface area contributed by atoms with Crippen LogP contribution in [0.2, 0.25) is 0 Å². The number of nitrogens with two attached hydrogens (primary N) is 1. The summed E-state index contributed by atoms with van der Waals surface area (Å²) in [5.41, 5.74) is 5.11. The lowest BCUT2D eigenvalue weighted by Crippen LogP contribution is -2.33. The Morgan fingerprint density at radius 2 is 1.88 bits per heavy atom. The number of benzene rings is 1. The lowest BCUT2D eigenvalue weighted by atomic mass is 10.2. The summed E-state index contributed by atoms with van der Waals surface area (Å²) in [6, 6.07) is 5.48. The number of carbonyl (C=O) groups is 1. The molecule has 1 aromatic rings. The highest BCUT2D eigenvalue weighted by Gasteiger charge is 2.32. The maximum atomic E-state index is 12.4. The van der Waals surface area contributed by atoms with E-state index < -0.39 is 23.8 Å². The van der Waals surface area contributed by atoms with Gasteiger partial charge in [0.05, 0.1) is 5.69 Å². The minimum atomic E-state index is -4.81. The summed E-state index contributed by atoms with van der Waals surface area (Å²) < 4.78 is 46.1. The van der Waals surface area contributed by atoms with Gasteiger partial charge in [-0.3, -0.25) is 4.99 Å². The maximum absolute atomic E-state index is 12.4.